The first-order valence-electron chi connectivity index (χ1n) is 31.5. The number of nitrogens with one attached hydrogen (secondary N) is 3. The molecule has 0 bridgehead atoms. The summed E-state index contributed by atoms with van der Waals surface area (Å²) in [4.78, 5) is 39.6. The molecule has 10 aromatic rings. The molecule has 0 spiro atoms. The minimum absolute atomic E-state index is 0.0206. The maximum Gasteiger partial charge on any atom is 0.385 e. The molecule has 10 rings (SSSR count). The normalized spacial score (nSPS) is 10.8. The van der Waals surface area contributed by atoms with Crippen LogP contribution < -0.4 is 38.9 Å². The van der Waals surface area contributed by atoms with Crippen LogP contribution in [0.1, 0.15) is 43.0 Å². The lowest BCUT2D eigenvalue weighted by Gasteiger charge is -2.15. The number of hydrogen-bond donors (Lipinski definition) is 11. The fraction of sp³-hybridized carbons (Fsp3) is 0.122. The summed E-state index contributed by atoms with van der Waals surface area (Å²) < 4.78 is 71.0. The van der Waals surface area contributed by atoms with E-state index in [1.165, 1.54) is 68.8 Å². The number of aryl methyl sites for hydroxylation is 1. The molecule has 0 saturated carbocycles. The summed E-state index contributed by atoms with van der Waals surface area (Å²) >= 11 is 1.29. The summed E-state index contributed by atoms with van der Waals surface area (Å²) in [6.07, 6.45) is 7.96. The molecule has 564 valence electrons. The SMILES string of the molecule is C=CCc1ccc(N)cc1.C=CCc1ccc(N=Nc2c(SOOOC)cc3cc(S(=O)(=O)OC)c(N=Nc4ccc(NC(C)=O)cc4)c(O)c3c2N)cc1.C=CCc1ccc([N+]#N)cc1.CC(=O)Nc1ccc(C)cc1.CC(=O)Nc1ccc(N)cc1.Nc1cc(SOOO)cc2cc(S(=O)(=O)O)cc(O)c12. The number of azo groups is 2. The highest BCUT2D eigenvalue weighted by atomic mass is 32.2. The van der Waals surface area contributed by atoms with Crippen LogP contribution >= 0.6 is 24.1 Å². The third-order valence-corrected chi connectivity index (χ3v) is 17.2. The summed E-state index contributed by atoms with van der Waals surface area (Å²) in [6.45, 7) is 17.4. The number of phenolic OH excluding ortho intramolecular Hbond substituents is 2. The zero-order valence-electron chi connectivity index (χ0n) is 59.0. The van der Waals surface area contributed by atoms with E-state index in [4.69, 9.17) is 46.7 Å². The van der Waals surface area contributed by atoms with Gasteiger partial charge in [-0.1, -0.05) is 82.4 Å². The quantitative estimate of drug-likeness (QED) is 0.00271. The number of anilines is 7. The Kier molecular flexibility index (Phi) is 34.9. The summed E-state index contributed by atoms with van der Waals surface area (Å²) in [7, 11) is -6.67. The number of nitrogens with zero attached hydrogens (tertiary/aromatic N) is 6. The molecule has 10 aromatic carbocycles. The molecule has 0 aromatic heterocycles. The number of nitrogens with two attached hydrogens (primary N) is 4. The second-order valence-corrected chi connectivity index (χ2v) is 26.8. The van der Waals surface area contributed by atoms with Crippen LogP contribution in [0.15, 0.2) is 260 Å². The lowest BCUT2D eigenvalue weighted by molar-refractivity contribution is -0.447. The molecule has 3 amide bonds. The second-order valence-electron chi connectivity index (χ2n) is 22.2. The van der Waals surface area contributed by atoms with Crippen LogP contribution in [-0.4, -0.2) is 68.8 Å². The number of benzene rings is 10. The van der Waals surface area contributed by atoms with Crippen LogP contribution in [0.3, 0.4) is 0 Å². The first-order chi connectivity index (χ1) is 51.4. The van der Waals surface area contributed by atoms with Crippen molar-refractivity contribution in [2.45, 2.75) is 66.5 Å². The van der Waals surface area contributed by atoms with Crippen molar-refractivity contribution in [1.29, 1.82) is 5.39 Å². The number of diazo groups is 1. The number of carbonyl (C=O) groups is 3. The molecule has 0 atom stereocenters. The maximum atomic E-state index is 12.9. The van der Waals surface area contributed by atoms with Crippen molar-refractivity contribution in [3.05, 3.63) is 247 Å². The number of hydrogen-bond acceptors (Lipinski definition) is 27. The average Bonchev–Trinajstić information content (AvgIpc) is 0.749. The Morgan fingerprint density at radius 1 is 0.565 bits per heavy atom. The molecule has 0 aliphatic rings. The van der Waals surface area contributed by atoms with Gasteiger partial charge in [-0.05, 0) is 169 Å². The first-order valence-corrected chi connectivity index (χ1v) is 35.8. The fourth-order valence-corrected chi connectivity index (χ4v) is 11.4. The predicted molar refractivity (Wildman–Crippen MR) is 420 cm³/mol. The standard InChI is InChI=1S/C29H28N6O8S2.C10H9NO7S2.C9H9N2.C9H11NO.C9H11N.C8H10N2O/c1-5-6-18-7-9-21(10-8-18)32-34-27-23(44-43-42-40-3)15-19-16-24(45(38,39)41-4)28(29(37)25(19)26(27)30)35-33-22-13-11-20(12-14-22)31-17(2)36;11-8-3-6(19-18-17-13)1-5-2-7(20(14,15)16)4-9(12)10(5)8;1-2-3-8-4-6-9(11-10)7-5-8;1-7-3-5-9(6-4-7)10-8(2)11;1-2-3-8-4-6-9(10)7-5-8;1-6(11)10-8-4-2-7(9)3-5-8/h5,7-16,37H,1,6,30H2,2-4H3,(H,31,36);1-4,12-13H,11H2,(H,14,15,16);2,4-7H,1,3H2;3-6H,1-2H3,(H,10,11);2,4-7H,1,3,10H2;2-5H,9H2,1H3,(H,10,11)/q;;+1;;;. The van der Waals surface area contributed by atoms with Gasteiger partial charge in [-0.25, -0.2) is 10.1 Å². The van der Waals surface area contributed by atoms with Crippen LogP contribution in [0.25, 0.3) is 26.5 Å². The summed E-state index contributed by atoms with van der Waals surface area (Å²) in [6, 6.07) is 51.0. The summed E-state index contributed by atoms with van der Waals surface area (Å²) in [5.74, 6) is -1.35. The molecule has 15 N–H and O–H groups in total. The van der Waals surface area contributed by atoms with Crippen molar-refractivity contribution in [1.82, 2.24) is 0 Å². The number of carbonyl (C=O) groups excluding carboxylic acids is 3. The number of fused-ring (bicyclic) bond motifs is 2. The highest BCUT2D eigenvalue weighted by Gasteiger charge is 2.27. The molecule has 0 fully saturated rings. The van der Waals surface area contributed by atoms with Crippen LogP contribution in [0, 0.1) is 12.3 Å². The second kappa shape index (κ2) is 43.5. The van der Waals surface area contributed by atoms with Gasteiger partial charge in [-0.2, -0.15) is 27.1 Å². The van der Waals surface area contributed by atoms with Crippen LogP contribution in [-0.2, 0) is 81.7 Å². The van der Waals surface area contributed by atoms with Crippen molar-refractivity contribution in [3.63, 3.8) is 0 Å². The van der Waals surface area contributed by atoms with Crippen molar-refractivity contribution in [3.8, 4) is 11.5 Å². The number of amides is 3. The van der Waals surface area contributed by atoms with Crippen molar-refractivity contribution in [2.75, 3.05) is 53.1 Å². The maximum absolute atomic E-state index is 12.9. The van der Waals surface area contributed by atoms with E-state index in [0.29, 0.717) is 63.8 Å². The topological polar surface area (TPSA) is 474 Å². The van der Waals surface area contributed by atoms with E-state index in [-0.39, 0.29) is 67.0 Å². The molecule has 0 unspecified atom stereocenters. The number of phenols is 2. The van der Waals surface area contributed by atoms with E-state index in [9.17, 15) is 41.4 Å². The lowest BCUT2D eigenvalue weighted by atomic mass is 10.1. The molecular weight excluding hydrogens is 1470 g/mol. The number of rotatable bonds is 23. The van der Waals surface area contributed by atoms with Gasteiger partial charge in [0.25, 0.3) is 20.2 Å². The molecular formula is C74H78N13O17S4+. The van der Waals surface area contributed by atoms with Gasteiger partial charge in [0.1, 0.15) is 22.0 Å². The van der Waals surface area contributed by atoms with Crippen molar-refractivity contribution < 1.29 is 79.1 Å². The largest absolute Gasteiger partial charge is 0.507 e. The summed E-state index contributed by atoms with van der Waals surface area (Å²) in [5, 5.41) is 71.0. The van der Waals surface area contributed by atoms with E-state index in [2.05, 4.69) is 80.4 Å². The minimum atomic E-state index is -4.46. The van der Waals surface area contributed by atoms with Gasteiger partial charge in [-0.3, -0.25) is 23.1 Å². The molecule has 0 heterocycles. The number of aromatic hydroxyl groups is 2. The third-order valence-electron chi connectivity index (χ3n) is 13.9. The van der Waals surface area contributed by atoms with E-state index in [0.717, 1.165) is 54.7 Å². The Morgan fingerprint density at radius 3 is 1.46 bits per heavy atom. The van der Waals surface area contributed by atoms with Gasteiger partial charge in [0, 0.05) is 83.4 Å². The molecule has 0 aliphatic heterocycles. The van der Waals surface area contributed by atoms with Crippen LogP contribution in [0.4, 0.5) is 68.2 Å². The minimum Gasteiger partial charge on any atom is -0.507 e. The van der Waals surface area contributed by atoms with Gasteiger partial charge < -0.3 is 49.1 Å². The zero-order valence-corrected chi connectivity index (χ0v) is 62.3. The monoisotopic (exact) mass is 1550 g/mol. The Bertz CT molecular complexity index is 5020. The number of nitrogen functional groups attached to an aromatic ring is 4. The smallest absolute Gasteiger partial charge is 0.385 e. The third kappa shape index (κ3) is 28.5. The zero-order chi connectivity index (χ0) is 79.5. The first kappa shape index (κ1) is 86.7. The van der Waals surface area contributed by atoms with E-state index >= 15 is 0 Å². The molecule has 0 aliphatic carbocycles. The van der Waals surface area contributed by atoms with Crippen LogP contribution in [0.5, 0.6) is 11.5 Å². The number of allylic oxidation sites excluding steroid dienone is 3. The van der Waals surface area contributed by atoms with Gasteiger partial charge >= 0.3 is 5.69 Å². The van der Waals surface area contributed by atoms with Gasteiger partial charge in [0.2, 0.25) is 23.1 Å². The molecule has 0 radical (unpaired) electrons. The fourth-order valence-electron chi connectivity index (χ4n) is 9.05. The van der Waals surface area contributed by atoms with E-state index in [1.807, 2.05) is 91.9 Å². The molecule has 34 heteroatoms. The Hall–Kier alpha value is -12.0. The highest BCUT2D eigenvalue weighted by Crippen LogP contribution is 2.50. The van der Waals surface area contributed by atoms with E-state index in [1.54, 1.807) is 78.9 Å². The Balaban J connectivity index is 0.000000269. The lowest BCUT2D eigenvalue weighted by Crippen LogP contribution is -2.05. The average molecular weight is 1550 g/mol. The highest BCUT2D eigenvalue weighted by molar-refractivity contribution is 7.95. The Morgan fingerprint density at radius 2 is 1.01 bits per heavy atom. The van der Waals surface area contributed by atoms with E-state index < -0.39 is 41.5 Å². The van der Waals surface area contributed by atoms with Gasteiger partial charge in [0.15, 0.2) is 10.7 Å². The predicted octanol–water partition coefficient (Wildman–Crippen LogP) is 17.4. The van der Waals surface area contributed by atoms with Crippen molar-refractivity contribution >= 4 is 152 Å². The molecule has 108 heavy (non-hydrogen) atoms. The van der Waals surface area contributed by atoms with Gasteiger partial charge in [0.05, 0.1) is 70.5 Å². The van der Waals surface area contributed by atoms with Gasteiger partial charge in [-0.15, -0.1) is 38.6 Å². The van der Waals surface area contributed by atoms with Crippen molar-refractivity contribution in [2.24, 2.45) is 20.5 Å². The van der Waals surface area contributed by atoms with Crippen LogP contribution in [0.2, 0.25) is 0 Å². The molecule has 0 saturated heterocycles. The summed E-state index contributed by atoms with van der Waals surface area (Å²) in [5.41, 5.74) is 32.6. The Labute approximate surface area is 631 Å². The molecule has 30 nitrogen and oxygen atoms in total.